The summed E-state index contributed by atoms with van der Waals surface area (Å²) in [6, 6.07) is 1.59. The first kappa shape index (κ1) is 14.7. The molecule has 3 rings (SSSR count). The van der Waals surface area contributed by atoms with Gasteiger partial charge >= 0.3 is 0 Å². The van der Waals surface area contributed by atoms with E-state index in [1.54, 1.807) is 13.0 Å². The molecule has 3 heteroatoms. The molecule has 0 nitrogen and oxygen atoms in total. The van der Waals surface area contributed by atoms with Crippen LogP contribution in [0.1, 0.15) is 48.8 Å². The van der Waals surface area contributed by atoms with Gasteiger partial charge in [-0.1, -0.05) is 22.6 Å². The van der Waals surface area contributed by atoms with Crippen LogP contribution in [0.5, 0.6) is 0 Å². The summed E-state index contributed by atoms with van der Waals surface area (Å²) in [6.45, 7) is 1.54. The van der Waals surface area contributed by atoms with Crippen molar-refractivity contribution in [3.8, 4) is 0 Å². The standard InChI is InChI=1S/C17H21F2I/c1-10-16(18)9-13-8-12(4-7-15(13)17(10)19)11-2-5-14(20)6-3-11/h9,11-12,14H,2-8H2,1H3. The topological polar surface area (TPSA) is 0 Å². The molecule has 110 valence electrons. The zero-order chi connectivity index (χ0) is 14.3. The summed E-state index contributed by atoms with van der Waals surface area (Å²) in [5.74, 6) is 0.724. The van der Waals surface area contributed by atoms with Gasteiger partial charge in [-0.2, -0.15) is 0 Å². The molecule has 0 bridgehead atoms. The molecule has 1 aromatic carbocycles. The molecule has 1 saturated carbocycles. The van der Waals surface area contributed by atoms with Gasteiger partial charge < -0.3 is 0 Å². The number of rotatable bonds is 1. The third-order valence-electron chi connectivity index (χ3n) is 5.26. The minimum Gasteiger partial charge on any atom is -0.207 e. The van der Waals surface area contributed by atoms with Gasteiger partial charge in [-0.15, -0.1) is 0 Å². The van der Waals surface area contributed by atoms with Crippen LogP contribution in [-0.2, 0) is 12.8 Å². The average Bonchev–Trinajstić information content (AvgIpc) is 2.45. The first-order chi connectivity index (χ1) is 9.56. The van der Waals surface area contributed by atoms with E-state index in [9.17, 15) is 8.78 Å². The Hall–Kier alpha value is -0.190. The van der Waals surface area contributed by atoms with Crippen molar-refractivity contribution in [3.05, 3.63) is 34.4 Å². The van der Waals surface area contributed by atoms with Gasteiger partial charge in [-0.25, -0.2) is 8.78 Å². The van der Waals surface area contributed by atoms with E-state index in [-0.39, 0.29) is 17.2 Å². The Labute approximate surface area is 133 Å². The highest BCUT2D eigenvalue weighted by Crippen LogP contribution is 2.40. The van der Waals surface area contributed by atoms with Crippen molar-refractivity contribution in [2.75, 3.05) is 0 Å². The number of halogens is 3. The van der Waals surface area contributed by atoms with E-state index in [0.29, 0.717) is 5.92 Å². The normalized spacial score (nSPS) is 30.1. The molecular formula is C17H21F2I. The molecule has 0 radical (unpaired) electrons. The summed E-state index contributed by atoms with van der Waals surface area (Å²) < 4.78 is 28.7. The molecule has 0 N–H and O–H groups in total. The Balaban J connectivity index is 1.78. The fraction of sp³-hybridized carbons (Fsp3) is 0.647. The average molecular weight is 390 g/mol. The summed E-state index contributed by atoms with van der Waals surface area (Å²) in [4.78, 5) is 0. The van der Waals surface area contributed by atoms with Crippen LogP contribution in [0.15, 0.2) is 6.07 Å². The smallest absolute Gasteiger partial charge is 0.132 e. The van der Waals surface area contributed by atoms with Crippen molar-refractivity contribution >= 4 is 22.6 Å². The van der Waals surface area contributed by atoms with Crippen LogP contribution in [0, 0.1) is 30.4 Å². The molecule has 2 aliphatic carbocycles. The summed E-state index contributed by atoms with van der Waals surface area (Å²) in [5.41, 5.74) is 1.90. The second kappa shape index (κ2) is 5.90. The molecule has 0 saturated heterocycles. The summed E-state index contributed by atoms with van der Waals surface area (Å²) in [5, 5.41) is 0. The first-order valence-corrected chi connectivity index (χ1v) is 8.91. The largest absolute Gasteiger partial charge is 0.207 e. The van der Waals surface area contributed by atoms with Crippen LogP contribution in [0.4, 0.5) is 8.78 Å². The minimum atomic E-state index is -0.377. The maximum atomic E-state index is 14.1. The van der Waals surface area contributed by atoms with Crippen molar-refractivity contribution in [1.82, 2.24) is 0 Å². The highest BCUT2D eigenvalue weighted by molar-refractivity contribution is 14.1. The lowest BCUT2D eigenvalue weighted by Gasteiger charge is -2.35. The molecule has 0 heterocycles. The molecule has 0 aliphatic heterocycles. The molecule has 1 unspecified atom stereocenters. The van der Waals surface area contributed by atoms with Crippen molar-refractivity contribution < 1.29 is 8.78 Å². The lowest BCUT2D eigenvalue weighted by molar-refractivity contribution is 0.232. The van der Waals surface area contributed by atoms with E-state index < -0.39 is 0 Å². The van der Waals surface area contributed by atoms with Gasteiger partial charge in [0.15, 0.2) is 0 Å². The fourth-order valence-electron chi connectivity index (χ4n) is 3.94. The van der Waals surface area contributed by atoms with E-state index >= 15 is 0 Å². The summed E-state index contributed by atoms with van der Waals surface area (Å²) in [7, 11) is 0. The fourth-order valence-corrected chi connectivity index (χ4v) is 4.66. The van der Waals surface area contributed by atoms with Crippen LogP contribution in [-0.4, -0.2) is 3.92 Å². The van der Waals surface area contributed by atoms with E-state index in [2.05, 4.69) is 22.6 Å². The Bertz CT molecular complexity index is 504. The van der Waals surface area contributed by atoms with Crippen molar-refractivity contribution in [1.29, 1.82) is 0 Å². The summed E-state index contributed by atoms with van der Waals surface area (Å²) >= 11 is 2.55. The van der Waals surface area contributed by atoms with Crippen LogP contribution in [0.2, 0.25) is 0 Å². The second-order valence-electron chi connectivity index (χ2n) is 6.45. The number of hydrogen-bond donors (Lipinski definition) is 0. The Kier molecular flexibility index (Phi) is 4.34. The van der Waals surface area contributed by atoms with Gasteiger partial charge in [-0.3, -0.25) is 0 Å². The van der Waals surface area contributed by atoms with Crippen LogP contribution < -0.4 is 0 Å². The van der Waals surface area contributed by atoms with Crippen molar-refractivity contribution in [2.45, 2.75) is 55.8 Å². The Morgan fingerprint density at radius 2 is 1.75 bits per heavy atom. The number of alkyl halides is 1. The van der Waals surface area contributed by atoms with Gasteiger partial charge in [0.2, 0.25) is 0 Å². The van der Waals surface area contributed by atoms with Crippen molar-refractivity contribution in [2.24, 2.45) is 11.8 Å². The molecule has 0 amide bonds. The molecule has 2 aliphatic rings. The SMILES string of the molecule is Cc1c(F)cc2c(c1F)CCC(C1CCC(I)CC1)C2. The second-order valence-corrected chi connectivity index (χ2v) is 8.21. The van der Waals surface area contributed by atoms with Crippen molar-refractivity contribution in [3.63, 3.8) is 0 Å². The monoisotopic (exact) mass is 390 g/mol. The van der Waals surface area contributed by atoms with Crippen LogP contribution in [0.25, 0.3) is 0 Å². The number of fused-ring (bicyclic) bond motifs is 1. The molecule has 20 heavy (non-hydrogen) atoms. The van der Waals surface area contributed by atoms with E-state index in [0.717, 1.165) is 40.2 Å². The zero-order valence-corrected chi connectivity index (χ0v) is 14.1. The predicted octanol–water partition coefficient (Wildman–Crippen LogP) is 5.37. The van der Waals surface area contributed by atoms with Gasteiger partial charge in [-0.05, 0) is 80.9 Å². The Morgan fingerprint density at radius 1 is 1.05 bits per heavy atom. The summed E-state index contributed by atoms with van der Waals surface area (Å²) in [6.07, 6.45) is 7.95. The molecule has 0 aromatic heterocycles. The van der Waals surface area contributed by atoms with Gasteiger partial charge in [0.25, 0.3) is 0 Å². The van der Waals surface area contributed by atoms with Gasteiger partial charge in [0.05, 0.1) is 0 Å². The molecular weight excluding hydrogens is 369 g/mol. The van der Waals surface area contributed by atoms with E-state index in [4.69, 9.17) is 0 Å². The van der Waals surface area contributed by atoms with E-state index in [1.165, 1.54) is 25.7 Å². The lowest BCUT2D eigenvalue weighted by atomic mass is 9.71. The Morgan fingerprint density at radius 3 is 2.45 bits per heavy atom. The molecule has 1 fully saturated rings. The van der Waals surface area contributed by atoms with E-state index in [1.807, 2.05) is 0 Å². The lowest BCUT2D eigenvalue weighted by Crippen LogP contribution is -2.27. The van der Waals surface area contributed by atoms with Crippen LogP contribution in [0.3, 0.4) is 0 Å². The van der Waals surface area contributed by atoms with Crippen LogP contribution >= 0.6 is 22.6 Å². The molecule has 1 atom stereocenters. The molecule has 0 spiro atoms. The minimum absolute atomic E-state index is 0.188. The number of hydrogen-bond acceptors (Lipinski definition) is 0. The highest BCUT2D eigenvalue weighted by Gasteiger charge is 2.31. The maximum Gasteiger partial charge on any atom is 0.132 e. The zero-order valence-electron chi connectivity index (χ0n) is 11.9. The van der Waals surface area contributed by atoms with Gasteiger partial charge in [0.1, 0.15) is 11.6 Å². The third kappa shape index (κ3) is 2.75. The predicted molar refractivity (Wildman–Crippen MR) is 86.4 cm³/mol. The quantitative estimate of drug-likeness (QED) is 0.447. The van der Waals surface area contributed by atoms with Gasteiger partial charge in [0, 0.05) is 9.49 Å². The third-order valence-corrected chi connectivity index (χ3v) is 6.50. The number of benzene rings is 1. The molecule has 1 aromatic rings. The maximum absolute atomic E-state index is 14.1. The highest BCUT2D eigenvalue weighted by atomic mass is 127. The first-order valence-electron chi connectivity index (χ1n) is 7.66.